The molecule has 5 rings (SSSR count). The highest BCUT2D eigenvalue weighted by molar-refractivity contribution is 6.30. The maximum absolute atomic E-state index is 13.1. The average molecular weight is 447 g/mol. The van der Waals surface area contributed by atoms with E-state index in [1.807, 2.05) is 49.4 Å². The van der Waals surface area contributed by atoms with Gasteiger partial charge in [0.05, 0.1) is 30.2 Å². The predicted octanol–water partition coefficient (Wildman–Crippen LogP) is 4.81. The number of carbonyl (C=O) groups excluding carboxylic acids is 1. The van der Waals surface area contributed by atoms with E-state index in [0.29, 0.717) is 36.0 Å². The van der Waals surface area contributed by atoms with Gasteiger partial charge < -0.3 is 15.0 Å². The largest absolute Gasteiger partial charge is 0.378 e. The number of anilines is 2. The standard InChI is InChI=1S/C25H23ClN4O2/c1-16-14-18(26)8-9-19(16)21-15-17-4-2-5-20(24(17)27-21)25(31)29-22-6-3-7-23(28-22)30-10-12-32-13-11-30/h2-9,14H,10-13,15H2,1H3,(H,28,29,31). The Balaban J connectivity index is 1.40. The van der Waals surface area contributed by atoms with Crippen LogP contribution in [0.25, 0.3) is 0 Å². The second kappa shape index (κ2) is 8.73. The average Bonchev–Trinajstić information content (AvgIpc) is 3.24. The van der Waals surface area contributed by atoms with Crippen molar-refractivity contribution >= 4 is 40.5 Å². The van der Waals surface area contributed by atoms with E-state index < -0.39 is 0 Å². The first-order valence-corrected chi connectivity index (χ1v) is 11.0. The van der Waals surface area contributed by atoms with Gasteiger partial charge in [0.25, 0.3) is 5.91 Å². The molecule has 6 nitrogen and oxygen atoms in total. The normalized spacial score (nSPS) is 15.3. The Morgan fingerprint density at radius 3 is 2.72 bits per heavy atom. The van der Waals surface area contributed by atoms with E-state index in [1.165, 1.54) is 0 Å². The third-order valence-electron chi connectivity index (χ3n) is 5.78. The van der Waals surface area contributed by atoms with Crippen LogP contribution < -0.4 is 10.2 Å². The topological polar surface area (TPSA) is 66.8 Å². The van der Waals surface area contributed by atoms with Crippen molar-refractivity contribution in [2.24, 2.45) is 4.99 Å². The zero-order valence-corrected chi connectivity index (χ0v) is 18.5. The molecule has 2 aliphatic rings. The zero-order valence-electron chi connectivity index (χ0n) is 17.8. The van der Waals surface area contributed by atoms with Gasteiger partial charge in [0.15, 0.2) is 0 Å². The number of aliphatic imine (C=N–C) groups is 1. The van der Waals surface area contributed by atoms with Gasteiger partial charge in [-0.15, -0.1) is 0 Å². The number of ether oxygens (including phenoxy) is 1. The minimum absolute atomic E-state index is 0.216. The van der Waals surface area contributed by atoms with Crippen LogP contribution >= 0.6 is 11.6 Å². The van der Waals surface area contributed by atoms with E-state index >= 15 is 0 Å². The van der Waals surface area contributed by atoms with Gasteiger partial charge in [-0.2, -0.15) is 0 Å². The van der Waals surface area contributed by atoms with Gasteiger partial charge in [0.2, 0.25) is 0 Å². The number of amides is 1. The summed E-state index contributed by atoms with van der Waals surface area (Å²) in [5.41, 5.74) is 5.37. The Morgan fingerprint density at radius 2 is 1.91 bits per heavy atom. The molecule has 0 bridgehead atoms. The molecule has 0 saturated carbocycles. The number of aryl methyl sites for hydroxylation is 1. The quantitative estimate of drug-likeness (QED) is 0.624. The summed E-state index contributed by atoms with van der Waals surface area (Å²) < 4.78 is 5.41. The number of rotatable bonds is 4. The molecule has 0 radical (unpaired) electrons. The first-order chi connectivity index (χ1) is 15.6. The Labute approximate surface area is 191 Å². The molecule has 2 aliphatic heterocycles. The van der Waals surface area contributed by atoms with Crippen molar-refractivity contribution in [3.63, 3.8) is 0 Å². The van der Waals surface area contributed by atoms with Gasteiger partial charge in [0.1, 0.15) is 11.6 Å². The Bertz CT molecular complexity index is 1220. The lowest BCUT2D eigenvalue weighted by Gasteiger charge is -2.28. The Kier molecular flexibility index (Phi) is 5.64. The number of aromatic nitrogens is 1. The fourth-order valence-electron chi connectivity index (χ4n) is 4.16. The minimum Gasteiger partial charge on any atom is -0.378 e. The highest BCUT2D eigenvalue weighted by Crippen LogP contribution is 2.34. The van der Waals surface area contributed by atoms with Gasteiger partial charge in [0, 0.05) is 24.5 Å². The molecular formula is C25H23ClN4O2. The lowest BCUT2D eigenvalue weighted by molar-refractivity contribution is 0.102. The zero-order chi connectivity index (χ0) is 22.1. The van der Waals surface area contributed by atoms with Crippen LogP contribution in [0.5, 0.6) is 0 Å². The molecule has 1 N–H and O–H groups in total. The molecule has 0 spiro atoms. The molecule has 3 aromatic rings. The van der Waals surface area contributed by atoms with E-state index in [2.05, 4.69) is 15.2 Å². The molecule has 1 fully saturated rings. The van der Waals surface area contributed by atoms with Gasteiger partial charge in [-0.05, 0) is 53.9 Å². The molecular weight excluding hydrogens is 424 g/mol. The number of carbonyl (C=O) groups is 1. The van der Waals surface area contributed by atoms with Crippen molar-refractivity contribution in [1.82, 2.24) is 4.98 Å². The van der Waals surface area contributed by atoms with Crippen molar-refractivity contribution in [3.8, 4) is 0 Å². The lowest BCUT2D eigenvalue weighted by atomic mass is 9.99. The molecule has 0 unspecified atom stereocenters. The maximum atomic E-state index is 13.1. The van der Waals surface area contributed by atoms with Gasteiger partial charge in [-0.25, -0.2) is 4.98 Å². The number of pyridine rings is 1. The fourth-order valence-corrected chi connectivity index (χ4v) is 4.38. The molecule has 0 aliphatic carbocycles. The van der Waals surface area contributed by atoms with Crippen molar-refractivity contribution < 1.29 is 9.53 Å². The highest BCUT2D eigenvalue weighted by Gasteiger charge is 2.23. The number of halogens is 1. The second-order valence-corrected chi connectivity index (χ2v) is 8.38. The van der Waals surface area contributed by atoms with Crippen molar-refractivity contribution in [3.05, 3.63) is 81.9 Å². The van der Waals surface area contributed by atoms with Crippen LogP contribution in [0.2, 0.25) is 5.02 Å². The van der Waals surface area contributed by atoms with E-state index in [9.17, 15) is 4.79 Å². The number of hydrogen-bond acceptors (Lipinski definition) is 5. The Hall–Kier alpha value is -3.22. The molecule has 1 aromatic heterocycles. The van der Waals surface area contributed by atoms with Crippen LogP contribution in [0.3, 0.4) is 0 Å². The summed E-state index contributed by atoms with van der Waals surface area (Å²) in [5.74, 6) is 1.14. The van der Waals surface area contributed by atoms with E-state index in [-0.39, 0.29) is 5.91 Å². The van der Waals surface area contributed by atoms with E-state index in [0.717, 1.165) is 47.0 Å². The summed E-state index contributed by atoms with van der Waals surface area (Å²) in [4.78, 5) is 24.8. The molecule has 162 valence electrons. The van der Waals surface area contributed by atoms with E-state index in [4.69, 9.17) is 21.3 Å². The number of hydrogen-bond donors (Lipinski definition) is 1. The molecule has 7 heteroatoms. The summed E-state index contributed by atoms with van der Waals surface area (Å²) in [6.45, 7) is 4.97. The van der Waals surface area contributed by atoms with Crippen LogP contribution in [-0.4, -0.2) is 42.9 Å². The van der Waals surface area contributed by atoms with Crippen LogP contribution in [0, 0.1) is 6.92 Å². The molecule has 0 atom stereocenters. The minimum atomic E-state index is -0.216. The summed E-state index contributed by atoms with van der Waals surface area (Å²) in [7, 11) is 0. The third-order valence-corrected chi connectivity index (χ3v) is 6.01. The smallest absolute Gasteiger partial charge is 0.259 e. The number of morpholine rings is 1. The molecule has 1 saturated heterocycles. The summed E-state index contributed by atoms with van der Waals surface area (Å²) in [6.07, 6.45) is 0.684. The van der Waals surface area contributed by atoms with Crippen molar-refractivity contribution in [2.45, 2.75) is 13.3 Å². The number of para-hydroxylation sites is 1. The van der Waals surface area contributed by atoms with Gasteiger partial charge in [-0.3, -0.25) is 9.79 Å². The monoisotopic (exact) mass is 446 g/mol. The third kappa shape index (κ3) is 4.11. The summed E-state index contributed by atoms with van der Waals surface area (Å²) >= 11 is 6.11. The van der Waals surface area contributed by atoms with Crippen LogP contribution in [0.15, 0.2) is 59.6 Å². The van der Waals surface area contributed by atoms with Crippen LogP contribution in [0.1, 0.15) is 27.0 Å². The van der Waals surface area contributed by atoms with Gasteiger partial charge >= 0.3 is 0 Å². The van der Waals surface area contributed by atoms with Crippen LogP contribution in [0.4, 0.5) is 17.3 Å². The SMILES string of the molecule is Cc1cc(Cl)ccc1C1=Nc2c(cccc2C(=O)Nc2cccc(N3CCOCC3)n2)C1. The van der Waals surface area contributed by atoms with Crippen molar-refractivity contribution in [1.29, 1.82) is 0 Å². The number of nitrogens with one attached hydrogen (secondary N) is 1. The highest BCUT2D eigenvalue weighted by atomic mass is 35.5. The maximum Gasteiger partial charge on any atom is 0.259 e. The molecule has 1 amide bonds. The fraction of sp³-hybridized carbons (Fsp3) is 0.240. The molecule has 3 heterocycles. The van der Waals surface area contributed by atoms with E-state index in [1.54, 1.807) is 12.1 Å². The van der Waals surface area contributed by atoms with Gasteiger partial charge in [-0.1, -0.05) is 35.9 Å². The number of fused-ring (bicyclic) bond motifs is 1. The first kappa shape index (κ1) is 20.7. The first-order valence-electron chi connectivity index (χ1n) is 10.7. The second-order valence-electron chi connectivity index (χ2n) is 7.94. The lowest BCUT2D eigenvalue weighted by Crippen LogP contribution is -2.36. The molecule has 32 heavy (non-hydrogen) atoms. The summed E-state index contributed by atoms with van der Waals surface area (Å²) in [6, 6.07) is 17.2. The number of benzene rings is 2. The summed E-state index contributed by atoms with van der Waals surface area (Å²) in [5, 5.41) is 3.65. The predicted molar refractivity (Wildman–Crippen MR) is 128 cm³/mol. The van der Waals surface area contributed by atoms with Crippen LogP contribution in [-0.2, 0) is 11.2 Å². The van der Waals surface area contributed by atoms with Crippen molar-refractivity contribution in [2.75, 3.05) is 36.5 Å². The Morgan fingerprint density at radius 1 is 1.09 bits per heavy atom. The number of nitrogens with zero attached hydrogens (tertiary/aromatic N) is 3. The molecule has 2 aromatic carbocycles.